The second-order valence-electron chi connectivity index (χ2n) is 23.4. The van der Waals surface area contributed by atoms with Gasteiger partial charge in [-0.1, -0.05) is 323 Å². The van der Waals surface area contributed by atoms with Crippen molar-refractivity contribution in [3.8, 4) is 0 Å². The first-order valence-electron chi connectivity index (χ1n) is 35.4. The molecule has 0 saturated carbocycles. The van der Waals surface area contributed by atoms with E-state index in [2.05, 4.69) is 130 Å². The Labute approximate surface area is 514 Å². The highest BCUT2D eigenvalue weighted by Gasteiger charge is 2.19. The van der Waals surface area contributed by atoms with E-state index < -0.39 is 6.10 Å². The first kappa shape index (κ1) is 79.1. The SMILES string of the molecule is CC/C=C\C/C=C\C/C=C\C/C=C\C/C=C\C/C=C\C/C=C\CCCCCC(=O)OC(COC(=O)CCCCCCC)COC(=O)CCCCCCCCCCCCCCCCCCCCCCCCC/C=C\C/C=C\CCCCCCC. The minimum atomic E-state index is -0.793. The van der Waals surface area contributed by atoms with Crippen LogP contribution in [0.15, 0.2) is 109 Å². The molecular formula is C77H132O6. The number of allylic oxidation sites excluding steroid dienone is 18. The smallest absolute Gasteiger partial charge is 0.306 e. The van der Waals surface area contributed by atoms with Crippen LogP contribution in [-0.2, 0) is 28.6 Å². The Morgan fingerprint density at radius 3 is 0.747 bits per heavy atom. The van der Waals surface area contributed by atoms with Gasteiger partial charge in [0.1, 0.15) is 13.2 Å². The molecule has 0 bridgehead atoms. The third-order valence-corrected chi connectivity index (χ3v) is 15.3. The maximum Gasteiger partial charge on any atom is 0.306 e. The average molecular weight is 1150 g/mol. The van der Waals surface area contributed by atoms with Gasteiger partial charge in [0.25, 0.3) is 0 Å². The zero-order valence-corrected chi connectivity index (χ0v) is 54.7. The molecule has 0 fully saturated rings. The summed E-state index contributed by atoms with van der Waals surface area (Å²) in [6, 6.07) is 0. The summed E-state index contributed by atoms with van der Waals surface area (Å²) in [5, 5.41) is 0. The monoisotopic (exact) mass is 1150 g/mol. The number of esters is 3. The predicted octanol–water partition coefficient (Wildman–Crippen LogP) is 24.6. The molecule has 1 atom stereocenters. The summed E-state index contributed by atoms with van der Waals surface area (Å²) in [5.74, 6) is -0.928. The molecule has 6 nitrogen and oxygen atoms in total. The Morgan fingerprint density at radius 2 is 0.470 bits per heavy atom. The zero-order valence-electron chi connectivity index (χ0n) is 54.7. The van der Waals surface area contributed by atoms with E-state index in [1.54, 1.807) is 0 Å². The van der Waals surface area contributed by atoms with E-state index in [1.807, 2.05) is 0 Å². The number of ether oxygens (including phenoxy) is 3. The van der Waals surface area contributed by atoms with E-state index >= 15 is 0 Å². The summed E-state index contributed by atoms with van der Waals surface area (Å²) < 4.78 is 16.8. The van der Waals surface area contributed by atoms with Gasteiger partial charge in [0.05, 0.1) is 0 Å². The Kier molecular flexibility index (Phi) is 67.2. The Hall–Kier alpha value is -3.93. The number of carbonyl (C=O) groups excluding carboxylic acids is 3. The first-order chi connectivity index (χ1) is 41.0. The topological polar surface area (TPSA) is 78.9 Å². The van der Waals surface area contributed by atoms with E-state index in [-0.39, 0.29) is 37.5 Å². The lowest BCUT2D eigenvalue weighted by atomic mass is 10.0. The molecule has 1 unspecified atom stereocenters. The van der Waals surface area contributed by atoms with Crippen LogP contribution in [0.1, 0.15) is 342 Å². The van der Waals surface area contributed by atoms with E-state index in [0.717, 1.165) is 122 Å². The number of hydrogen-bond acceptors (Lipinski definition) is 6. The van der Waals surface area contributed by atoms with Crippen LogP contribution in [0.5, 0.6) is 0 Å². The second kappa shape index (κ2) is 70.6. The maximum absolute atomic E-state index is 12.8. The van der Waals surface area contributed by atoms with Gasteiger partial charge in [0, 0.05) is 19.3 Å². The van der Waals surface area contributed by atoms with E-state index in [0.29, 0.717) is 12.8 Å². The molecule has 0 aliphatic heterocycles. The lowest BCUT2D eigenvalue weighted by Crippen LogP contribution is -2.30. The van der Waals surface area contributed by atoms with Crippen molar-refractivity contribution in [3.63, 3.8) is 0 Å². The minimum absolute atomic E-state index is 0.0898. The molecule has 0 spiro atoms. The molecule has 0 aliphatic carbocycles. The molecule has 0 amide bonds. The fourth-order valence-electron chi connectivity index (χ4n) is 9.99. The molecule has 0 aromatic heterocycles. The number of rotatable bonds is 64. The molecule has 83 heavy (non-hydrogen) atoms. The lowest BCUT2D eigenvalue weighted by Gasteiger charge is -2.18. The zero-order chi connectivity index (χ0) is 59.9. The van der Waals surface area contributed by atoms with Gasteiger partial charge < -0.3 is 14.2 Å². The van der Waals surface area contributed by atoms with Crippen molar-refractivity contribution in [2.45, 2.75) is 348 Å². The quantitative estimate of drug-likeness (QED) is 0.0261. The Bertz CT molecular complexity index is 1660. The third kappa shape index (κ3) is 68.7. The number of hydrogen-bond donors (Lipinski definition) is 0. The molecule has 0 saturated heterocycles. The maximum atomic E-state index is 12.8. The number of unbranched alkanes of at least 4 members (excludes halogenated alkanes) is 35. The van der Waals surface area contributed by atoms with Crippen molar-refractivity contribution in [1.82, 2.24) is 0 Å². The van der Waals surface area contributed by atoms with Crippen molar-refractivity contribution in [3.05, 3.63) is 109 Å². The number of carbonyl (C=O) groups is 3. The van der Waals surface area contributed by atoms with Crippen molar-refractivity contribution in [1.29, 1.82) is 0 Å². The fraction of sp³-hybridized carbons (Fsp3) is 0.727. The highest BCUT2D eigenvalue weighted by Crippen LogP contribution is 2.17. The van der Waals surface area contributed by atoms with Crippen molar-refractivity contribution >= 4 is 17.9 Å². The summed E-state index contributed by atoms with van der Waals surface area (Å²) >= 11 is 0. The van der Waals surface area contributed by atoms with Gasteiger partial charge in [0.15, 0.2) is 6.10 Å². The van der Waals surface area contributed by atoms with Gasteiger partial charge in [0.2, 0.25) is 0 Å². The second-order valence-corrected chi connectivity index (χ2v) is 23.4. The molecule has 0 aromatic carbocycles. The lowest BCUT2D eigenvalue weighted by molar-refractivity contribution is -0.167. The van der Waals surface area contributed by atoms with Gasteiger partial charge in [-0.15, -0.1) is 0 Å². The van der Waals surface area contributed by atoms with Gasteiger partial charge in [-0.05, 0) is 109 Å². The molecule has 0 aromatic rings. The van der Waals surface area contributed by atoms with Crippen LogP contribution < -0.4 is 0 Å². The van der Waals surface area contributed by atoms with Gasteiger partial charge in [-0.2, -0.15) is 0 Å². The van der Waals surface area contributed by atoms with Crippen molar-refractivity contribution < 1.29 is 28.6 Å². The molecule has 0 radical (unpaired) electrons. The predicted molar refractivity (Wildman–Crippen MR) is 362 cm³/mol. The van der Waals surface area contributed by atoms with Crippen LogP contribution in [0.3, 0.4) is 0 Å². The minimum Gasteiger partial charge on any atom is -0.462 e. The van der Waals surface area contributed by atoms with E-state index in [1.165, 1.54) is 180 Å². The summed E-state index contributed by atoms with van der Waals surface area (Å²) in [7, 11) is 0. The summed E-state index contributed by atoms with van der Waals surface area (Å²) in [5.41, 5.74) is 0. The van der Waals surface area contributed by atoms with Crippen LogP contribution in [0.4, 0.5) is 0 Å². The summed E-state index contributed by atoms with van der Waals surface area (Å²) in [6.07, 6.45) is 97.6. The van der Waals surface area contributed by atoms with Crippen molar-refractivity contribution in [2.75, 3.05) is 13.2 Å². The summed E-state index contributed by atoms with van der Waals surface area (Å²) in [6.45, 7) is 6.43. The van der Waals surface area contributed by atoms with Crippen LogP contribution in [0.2, 0.25) is 0 Å². The average Bonchev–Trinajstić information content (AvgIpc) is 3.49. The van der Waals surface area contributed by atoms with Gasteiger partial charge in [-0.25, -0.2) is 0 Å². The van der Waals surface area contributed by atoms with Crippen LogP contribution in [0.25, 0.3) is 0 Å². The van der Waals surface area contributed by atoms with Crippen LogP contribution >= 0.6 is 0 Å². The molecule has 6 heteroatoms. The highest BCUT2D eigenvalue weighted by molar-refractivity contribution is 5.71. The Morgan fingerprint density at radius 1 is 0.253 bits per heavy atom. The Balaban J connectivity index is 3.98. The largest absolute Gasteiger partial charge is 0.462 e. The van der Waals surface area contributed by atoms with Crippen LogP contribution in [0, 0.1) is 0 Å². The molecule has 0 heterocycles. The highest BCUT2D eigenvalue weighted by atomic mass is 16.6. The fourth-order valence-corrected chi connectivity index (χ4v) is 9.99. The van der Waals surface area contributed by atoms with Crippen molar-refractivity contribution in [2.24, 2.45) is 0 Å². The standard InChI is InChI=1S/C77H132O6/c1-4-7-10-13-15-17-19-21-23-25-27-29-31-33-34-35-36-37-38-39-40-41-42-44-45-47-49-51-53-55-57-59-61-64-67-70-76(79)82-73-74(72-81-75(78)69-66-63-12-9-6-3)83-77(80)71-68-65-62-60-58-56-54-52-50-48-46-43-32-30-28-26-24-22-20-18-16-14-11-8-5-2/h8,11,16,18-19,21-22,24-25,27-28,30,43,46,50,52,56,58,74H,4-7,9-10,12-15,17,20,23,26,29,31-42,44-45,47-49,51,53-55,57,59-73H2,1-3H3/b11-8-,18-16-,21-19-,24-22-,27-25-,30-28-,46-43-,52-50-,58-56-. The molecule has 0 N–H and O–H groups in total. The van der Waals surface area contributed by atoms with Crippen LogP contribution in [-0.4, -0.2) is 37.2 Å². The van der Waals surface area contributed by atoms with E-state index in [4.69, 9.17) is 14.2 Å². The normalized spacial score (nSPS) is 12.8. The van der Waals surface area contributed by atoms with E-state index in [9.17, 15) is 14.4 Å². The third-order valence-electron chi connectivity index (χ3n) is 15.3. The molecule has 0 aliphatic rings. The van der Waals surface area contributed by atoms with Gasteiger partial charge in [-0.3, -0.25) is 14.4 Å². The molecule has 476 valence electrons. The first-order valence-corrected chi connectivity index (χ1v) is 35.4. The van der Waals surface area contributed by atoms with Gasteiger partial charge >= 0.3 is 17.9 Å². The molecular weight excluding hydrogens is 1020 g/mol. The molecule has 0 rings (SSSR count). The summed E-state index contributed by atoms with van der Waals surface area (Å²) in [4.78, 5) is 38.0.